The Morgan fingerprint density at radius 1 is 1.47 bits per heavy atom. The van der Waals surface area contributed by atoms with Gasteiger partial charge in [-0.2, -0.15) is 0 Å². The second kappa shape index (κ2) is 4.77. The number of hydrogen-bond donors (Lipinski definition) is 2. The fourth-order valence-corrected chi connectivity index (χ4v) is 3.50. The van der Waals surface area contributed by atoms with Crippen LogP contribution in [0, 0.1) is 11.8 Å². The van der Waals surface area contributed by atoms with Gasteiger partial charge < -0.3 is 16.0 Å². The number of hydrogen-bond acceptors (Lipinski definition) is 5. The third-order valence-corrected chi connectivity index (χ3v) is 4.32. The van der Waals surface area contributed by atoms with Crippen molar-refractivity contribution >= 4 is 11.7 Å². The highest BCUT2D eigenvalue weighted by atomic mass is 16.1. The standard InChI is InChI=1S/C13H19N5O/c1-2-10-9-6-15-5-8(9)7-18(10)13-11(12(14)19)16-3-4-17-13/h3-4,8-10,15H,2,5-7H2,1H3,(H2,14,19). The number of nitrogens with one attached hydrogen (secondary N) is 1. The predicted molar refractivity (Wildman–Crippen MR) is 71.8 cm³/mol. The van der Waals surface area contributed by atoms with Crippen LogP contribution < -0.4 is 16.0 Å². The Hall–Kier alpha value is -1.69. The Balaban J connectivity index is 1.96. The average molecular weight is 261 g/mol. The molecule has 2 fully saturated rings. The largest absolute Gasteiger partial charge is 0.364 e. The highest BCUT2D eigenvalue weighted by Gasteiger charge is 2.44. The van der Waals surface area contributed by atoms with Crippen LogP contribution in [0.15, 0.2) is 12.4 Å². The molecule has 2 aliphatic heterocycles. The zero-order valence-electron chi connectivity index (χ0n) is 11.0. The van der Waals surface area contributed by atoms with Gasteiger partial charge in [0, 0.05) is 38.1 Å². The van der Waals surface area contributed by atoms with E-state index in [2.05, 4.69) is 27.1 Å². The van der Waals surface area contributed by atoms with E-state index in [1.54, 1.807) is 6.20 Å². The molecular weight excluding hydrogens is 242 g/mol. The number of primary amides is 1. The first-order valence-corrected chi connectivity index (χ1v) is 6.80. The molecule has 0 radical (unpaired) electrons. The lowest BCUT2D eigenvalue weighted by Gasteiger charge is -2.28. The first-order chi connectivity index (χ1) is 9.22. The van der Waals surface area contributed by atoms with E-state index in [4.69, 9.17) is 5.73 Å². The lowest BCUT2D eigenvalue weighted by Crippen LogP contribution is -2.37. The van der Waals surface area contributed by atoms with Crippen molar-refractivity contribution < 1.29 is 4.79 Å². The maximum Gasteiger partial charge on any atom is 0.271 e. The highest BCUT2D eigenvalue weighted by Crippen LogP contribution is 2.37. The van der Waals surface area contributed by atoms with E-state index < -0.39 is 5.91 Å². The Bertz CT molecular complexity index is 492. The van der Waals surface area contributed by atoms with Crippen molar-refractivity contribution in [2.24, 2.45) is 17.6 Å². The summed E-state index contributed by atoms with van der Waals surface area (Å²) in [5.41, 5.74) is 5.69. The third kappa shape index (κ3) is 1.96. The van der Waals surface area contributed by atoms with Crippen molar-refractivity contribution in [2.45, 2.75) is 19.4 Å². The van der Waals surface area contributed by atoms with Gasteiger partial charge in [0.05, 0.1) is 0 Å². The number of anilines is 1. The van der Waals surface area contributed by atoms with Gasteiger partial charge in [-0.1, -0.05) is 6.92 Å². The summed E-state index contributed by atoms with van der Waals surface area (Å²) in [5.74, 6) is 1.41. The fraction of sp³-hybridized carbons (Fsp3) is 0.615. The van der Waals surface area contributed by atoms with Gasteiger partial charge in [-0.25, -0.2) is 9.97 Å². The smallest absolute Gasteiger partial charge is 0.271 e. The van der Waals surface area contributed by atoms with Crippen LogP contribution >= 0.6 is 0 Å². The van der Waals surface area contributed by atoms with E-state index in [0.29, 0.717) is 23.7 Å². The third-order valence-electron chi connectivity index (χ3n) is 4.32. The van der Waals surface area contributed by atoms with E-state index in [9.17, 15) is 4.79 Å². The van der Waals surface area contributed by atoms with Crippen molar-refractivity contribution in [2.75, 3.05) is 24.5 Å². The molecule has 0 spiro atoms. The van der Waals surface area contributed by atoms with Crippen LogP contribution in [0.4, 0.5) is 5.82 Å². The molecule has 2 saturated heterocycles. The summed E-state index contributed by atoms with van der Waals surface area (Å²) in [6.07, 6.45) is 4.18. The molecule has 3 unspecified atom stereocenters. The zero-order valence-corrected chi connectivity index (χ0v) is 11.0. The molecule has 3 atom stereocenters. The normalized spacial score (nSPS) is 29.5. The maximum absolute atomic E-state index is 11.5. The first-order valence-electron chi connectivity index (χ1n) is 6.80. The molecule has 19 heavy (non-hydrogen) atoms. The van der Waals surface area contributed by atoms with Gasteiger partial charge in [-0.3, -0.25) is 4.79 Å². The Morgan fingerprint density at radius 2 is 2.26 bits per heavy atom. The Morgan fingerprint density at radius 3 is 3.00 bits per heavy atom. The van der Waals surface area contributed by atoms with E-state index in [-0.39, 0.29) is 5.69 Å². The molecular formula is C13H19N5O. The second-order valence-corrected chi connectivity index (χ2v) is 5.30. The molecule has 3 heterocycles. The summed E-state index contributed by atoms with van der Waals surface area (Å²) in [5, 5.41) is 3.44. The molecule has 1 aromatic rings. The summed E-state index contributed by atoms with van der Waals surface area (Å²) >= 11 is 0. The molecule has 0 aromatic carbocycles. The van der Waals surface area contributed by atoms with Gasteiger partial charge in [0.25, 0.3) is 5.91 Å². The van der Waals surface area contributed by atoms with E-state index in [1.807, 2.05) is 0 Å². The number of rotatable bonds is 3. The summed E-state index contributed by atoms with van der Waals surface area (Å²) in [6, 6.07) is 0.412. The lowest BCUT2D eigenvalue weighted by molar-refractivity contribution is 0.0995. The average Bonchev–Trinajstić information content (AvgIpc) is 2.98. The molecule has 6 heteroatoms. The Labute approximate surface area is 112 Å². The van der Waals surface area contributed by atoms with Crippen molar-refractivity contribution in [1.82, 2.24) is 15.3 Å². The SMILES string of the molecule is CCC1C2CNCC2CN1c1nccnc1C(N)=O. The quantitative estimate of drug-likeness (QED) is 0.800. The summed E-state index contributed by atoms with van der Waals surface area (Å²) in [6.45, 7) is 5.20. The van der Waals surface area contributed by atoms with Gasteiger partial charge in [0.1, 0.15) is 0 Å². The molecule has 1 amide bonds. The summed E-state index contributed by atoms with van der Waals surface area (Å²) in [4.78, 5) is 22.2. The van der Waals surface area contributed by atoms with Gasteiger partial charge in [0.15, 0.2) is 11.5 Å². The van der Waals surface area contributed by atoms with Gasteiger partial charge >= 0.3 is 0 Å². The lowest BCUT2D eigenvalue weighted by atomic mass is 9.93. The van der Waals surface area contributed by atoms with Crippen molar-refractivity contribution in [1.29, 1.82) is 0 Å². The predicted octanol–water partition coefficient (Wildman–Crippen LogP) is 0.00970. The van der Waals surface area contributed by atoms with Crippen molar-refractivity contribution in [3.8, 4) is 0 Å². The summed E-state index contributed by atoms with van der Waals surface area (Å²) < 4.78 is 0. The fourth-order valence-electron chi connectivity index (χ4n) is 3.50. The minimum atomic E-state index is -0.506. The van der Waals surface area contributed by atoms with Gasteiger partial charge in [-0.05, 0) is 18.3 Å². The minimum Gasteiger partial charge on any atom is -0.364 e. The van der Waals surface area contributed by atoms with Crippen LogP contribution in [0.2, 0.25) is 0 Å². The van der Waals surface area contributed by atoms with Crippen LogP contribution in [-0.2, 0) is 0 Å². The maximum atomic E-state index is 11.5. The van der Waals surface area contributed by atoms with Gasteiger partial charge in [0.2, 0.25) is 0 Å². The van der Waals surface area contributed by atoms with Crippen molar-refractivity contribution in [3.05, 3.63) is 18.1 Å². The number of fused-ring (bicyclic) bond motifs is 1. The zero-order chi connectivity index (χ0) is 13.4. The van der Waals surface area contributed by atoms with Crippen LogP contribution in [0.25, 0.3) is 0 Å². The molecule has 3 N–H and O–H groups in total. The van der Waals surface area contributed by atoms with Gasteiger partial charge in [-0.15, -0.1) is 0 Å². The molecule has 2 aliphatic rings. The monoisotopic (exact) mass is 261 g/mol. The van der Waals surface area contributed by atoms with E-state index in [0.717, 1.165) is 26.1 Å². The van der Waals surface area contributed by atoms with Crippen LogP contribution in [0.5, 0.6) is 0 Å². The number of amides is 1. The molecule has 1 aromatic heterocycles. The van der Waals surface area contributed by atoms with E-state index >= 15 is 0 Å². The molecule has 0 aliphatic carbocycles. The van der Waals surface area contributed by atoms with Crippen LogP contribution in [-0.4, -0.2) is 41.6 Å². The van der Waals surface area contributed by atoms with Crippen LogP contribution in [0.1, 0.15) is 23.8 Å². The number of aromatic nitrogens is 2. The molecule has 102 valence electrons. The first kappa shape index (κ1) is 12.3. The number of carbonyl (C=O) groups excluding carboxylic acids is 1. The molecule has 6 nitrogen and oxygen atoms in total. The minimum absolute atomic E-state index is 0.286. The van der Waals surface area contributed by atoms with Crippen LogP contribution in [0.3, 0.4) is 0 Å². The van der Waals surface area contributed by atoms with Crippen molar-refractivity contribution in [3.63, 3.8) is 0 Å². The highest BCUT2D eigenvalue weighted by molar-refractivity contribution is 5.95. The van der Waals surface area contributed by atoms with E-state index in [1.165, 1.54) is 6.20 Å². The second-order valence-electron chi connectivity index (χ2n) is 5.30. The molecule has 3 rings (SSSR count). The molecule has 0 saturated carbocycles. The number of carbonyl (C=O) groups is 1. The number of nitrogens with zero attached hydrogens (tertiary/aromatic N) is 3. The summed E-state index contributed by atoms with van der Waals surface area (Å²) in [7, 11) is 0. The number of nitrogens with two attached hydrogens (primary N) is 1. The Kier molecular flexibility index (Phi) is 3.10. The molecule has 0 bridgehead atoms. The topological polar surface area (TPSA) is 84.1 Å².